The lowest BCUT2D eigenvalue weighted by atomic mass is 9.89. The highest BCUT2D eigenvalue weighted by molar-refractivity contribution is 5.13. The first-order valence-electron chi connectivity index (χ1n) is 7.53. The van der Waals surface area contributed by atoms with E-state index in [1.807, 2.05) is 11.7 Å². The third-order valence-corrected chi connectivity index (χ3v) is 4.36. The van der Waals surface area contributed by atoms with Crippen molar-refractivity contribution in [2.24, 2.45) is 7.05 Å². The lowest BCUT2D eigenvalue weighted by molar-refractivity contribution is 0.0241. The fourth-order valence-corrected chi connectivity index (χ4v) is 2.97. The first kappa shape index (κ1) is 14.5. The Balaban J connectivity index is 2.05. The molecule has 1 fully saturated rings. The van der Waals surface area contributed by atoms with Gasteiger partial charge in [0.2, 0.25) is 0 Å². The number of aromatic nitrogens is 2. The summed E-state index contributed by atoms with van der Waals surface area (Å²) in [4.78, 5) is 2.43. The van der Waals surface area contributed by atoms with E-state index < -0.39 is 5.60 Å². The zero-order valence-corrected chi connectivity index (χ0v) is 12.5. The number of nitrogens with zero attached hydrogens (tertiary/aromatic N) is 3. The summed E-state index contributed by atoms with van der Waals surface area (Å²) in [7, 11) is 1.98. The normalized spacial score (nSPS) is 25.5. The minimum Gasteiger partial charge on any atom is -0.389 e. The number of likely N-dealkylation sites (tertiary alicyclic amines) is 1. The fraction of sp³-hybridized carbons (Fsp3) is 0.800. The van der Waals surface area contributed by atoms with Crippen LogP contribution in [0.5, 0.6) is 0 Å². The van der Waals surface area contributed by atoms with Crippen LogP contribution in [0.3, 0.4) is 0 Å². The van der Waals surface area contributed by atoms with Gasteiger partial charge in [0, 0.05) is 25.7 Å². The van der Waals surface area contributed by atoms with Crippen LogP contribution in [0.15, 0.2) is 6.07 Å². The maximum atomic E-state index is 10.9. The number of rotatable bonds is 4. The van der Waals surface area contributed by atoms with Crippen molar-refractivity contribution in [2.75, 3.05) is 19.6 Å². The Morgan fingerprint density at radius 1 is 1.32 bits per heavy atom. The number of aliphatic hydroxyl groups is 1. The standard InChI is InChI=1S/C15H27N3O/c1-4-13-11-14(17(3)16-13)12-15(19)7-6-9-18(5-2)10-8-15/h11,19H,4-10,12H2,1-3H3. The Hall–Kier alpha value is -0.870. The summed E-state index contributed by atoms with van der Waals surface area (Å²) < 4.78 is 1.93. The second kappa shape index (κ2) is 6.06. The molecular weight excluding hydrogens is 238 g/mol. The highest BCUT2D eigenvalue weighted by Crippen LogP contribution is 2.26. The molecule has 0 bridgehead atoms. The minimum atomic E-state index is -0.553. The molecule has 4 heteroatoms. The van der Waals surface area contributed by atoms with E-state index in [0.717, 1.165) is 63.1 Å². The van der Waals surface area contributed by atoms with Gasteiger partial charge in [-0.05, 0) is 44.8 Å². The van der Waals surface area contributed by atoms with E-state index in [4.69, 9.17) is 0 Å². The van der Waals surface area contributed by atoms with Crippen LogP contribution in [-0.2, 0) is 19.9 Å². The van der Waals surface area contributed by atoms with Crippen molar-refractivity contribution in [1.29, 1.82) is 0 Å². The summed E-state index contributed by atoms with van der Waals surface area (Å²) in [5, 5.41) is 15.3. The van der Waals surface area contributed by atoms with Gasteiger partial charge in [-0.15, -0.1) is 0 Å². The van der Waals surface area contributed by atoms with Gasteiger partial charge in [0.25, 0.3) is 0 Å². The molecule has 0 aromatic carbocycles. The van der Waals surface area contributed by atoms with E-state index in [1.165, 1.54) is 0 Å². The SMILES string of the molecule is CCc1cc(CC2(O)CCCN(CC)CC2)n(C)n1. The van der Waals surface area contributed by atoms with Gasteiger partial charge in [-0.25, -0.2) is 0 Å². The smallest absolute Gasteiger partial charge is 0.0715 e. The zero-order valence-electron chi connectivity index (χ0n) is 12.5. The molecule has 19 heavy (non-hydrogen) atoms. The minimum absolute atomic E-state index is 0.553. The molecule has 2 rings (SSSR count). The topological polar surface area (TPSA) is 41.3 Å². The van der Waals surface area contributed by atoms with Crippen LogP contribution in [0.4, 0.5) is 0 Å². The lowest BCUT2D eigenvalue weighted by Crippen LogP contribution is -2.34. The molecule has 1 aliphatic rings. The van der Waals surface area contributed by atoms with Crippen LogP contribution in [-0.4, -0.2) is 45.0 Å². The predicted molar refractivity (Wildman–Crippen MR) is 77.2 cm³/mol. The third kappa shape index (κ3) is 3.57. The highest BCUT2D eigenvalue weighted by Gasteiger charge is 2.31. The molecule has 1 aromatic heterocycles. The first-order chi connectivity index (χ1) is 9.06. The summed E-state index contributed by atoms with van der Waals surface area (Å²) in [5.74, 6) is 0. The van der Waals surface area contributed by atoms with Crippen LogP contribution in [0.2, 0.25) is 0 Å². The molecule has 1 atom stereocenters. The van der Waals surface area contributed by atoms with Crippen molar-refractivity contribution in [1.82, 2.24) is 14.7 Å². The predicted octanol–water partition coefficient (Wildman–Crippen LogP) is 1.76. The van der Waals surface area contributed by atoms with Gasteiger partial charge in [-0.1, -0.05) is 13.8 Å². The van der Waals surface area contributed by atoms with Crippen molar-refractivity contribution in [3.05, 3.63) is 17.5 Å². The van der Waals surface area contributed by atoms with Crippen LogP contribution in [0, 0.1) is 0 Å². The Bertz CT molecular complexity index is 416. The second-order valence-corrected chi connectivity index (χ2v) is 5.79. The molecule has 1 unspecified atom stereocenters. The van der Waals surface area contributed by atoms with Crippen molar-refractivity contribution >= 4 is 0 Å². The summed E-state index contributed by atoms with van der Waals surface area (Å²) >= 11 is 0. The summed E-state index contributed by atoms with van der Waals surface area (Å²) in [6, 6.07) is 2.14. The first-order valence-corrected chi connectivity index (χ1v) is 7.53. The molecule has 0 aliphatic carbocycles. The average Bonchev–Trinajstić information content (AvgIpc) is 2.62. The Kier molecular flexibility index (Phi) is 4.63. The molecule has 1 N–H and O–H groups in total. The van der Waals surface area contributed by atoms with Gasteiger partial charge in [0.05, 0.1) is 11.3 Å². The summed E-state index contributed by atoms with van der Waals surface area (Å²) in [6.45, 7) is 7.52. The maximum Gasteiger partial charge on any atom is 0.0715 e. The van der Waals surface area contributed by atoms with E-state index >= 15 is 0 Å². The molecule has 108 valence electrons. The van der Waals surface area contributed by atoms with Gasteiger partial charge in [0.15, 0.2) is 0 Å². The molecule has 1 aliphatic heterocycles. The molecule has 0 saturated carbocycles. The van der Waals surface area contributed by atoms with Crippen LogP contribution in [0.25, 0.3) is 0 Å². The Morgan fingerprint density at radius 2 is 2.11 bits per heavy atom. The van der Waals surface area contributed by atoms with Gasteiger partial charge >= 0.3 is 0 Å². The van der Waals surface area contributed by atoms with Gasteiger partial charge in [-0.2, -0.15) is 5.10 Å². The maximum absolute atomic E-state index is 10.9. The highest BCUT2D eigenvalue weighted by atomic mass is 16.3. The monoisotopic (exact) mass is 265 g/mol. The van der Waals surface area contributed by atoms with E-state index in [9.17, 15) is 5.11 Å². The van der Waals surface area contributed by atoms with E-state index in [0.29, 0.717) is 0 Å². The van der Waals surface area contributed by atoms with Crippen molar-refractivity contribution in [2.45, 2.75) is 51.6 Å². The quantitative estimate of drug-likeness (QED) is 0.902. The molecule has 1 aromatic rings. The van der Waals surface area contributed by atoms with Crippen LogP contribution in [0.1, 0.15) is 44.5 Å². The van der Waals surface area contributed by atoms with Crippen molar-refractivity contribution in [3.8, 4) is 0 Å². The molecule has 2 heterocycles. The van der Waals surface area contributed by atoms with Gasteiger partial charge in [0.1, 0.15) is 0 Å². The van der Waals surface area contributed by atoms with Gasteiger partial charge < -0.3 is 10.0 Å². The van der Waals surface area contributed by atoms with E-state index in [-0.39, 0.29) is 0 Å². The van der Waals surface area contributed by atoms with Crippen molar-refractivity contribution in [3.63, 3.8) is 0 Å². The van der Waals surface area contributed by atoms with Crippen LogP contribution >= 0.6 is 0 Å². The molecule has 1 saturated heterocycles. The summed E-state index contributed by atoms with van der Waals surface area (Å²) in [6.07, 6.45) is 4.54. The Morgan fingerprint density at radius 3 is 2.74 bits per heavy atom. The summed E-state index contributed by atoms with van der Waals surface area (Å²) in [5.41, 5.74) is 1.72. The number of hydrogen-bond donors (Lipinski definition) is 1. The fourth-order valence-electron chi connectivity index (χ4n) is 2.97. The molecule has 0 radical (unpaired) electrons. The molecule has 0 amide bonds. The zero-order chi connectivity index (χ0) is 13.9. The molecular formula is C15H27N3O. The van der Waals surface area contributed by atoms with Gasteiger partial charge in [-0.3, -0.25) is 4.68 Å². The van der Waals surface area contributed by atoms with E-state index in [2.05, 4.69) is 29.9 Å². The number of hydrogen-bond acceptors (Lipinski definition) is 3. The third-order valence-electron chi connectivity index (χ3n) is 4.36. The molecule has 0 spiro atoms. The Labute approximate surface area is 116 Å². The largest absolute Gasteiger partial charge is 0.389 e. The number of aryl methyl sites for hydroxylation is 2. The second-order valence-electron chi connectivity index (χ2n) is 5.79. The lowest BCUT2D eigenvalue weighted by Gasteiger charge is -2.26. The average molecular weight is 265 g/mol. The van der Waals surface area contributed by atoms with Crippen LogP contribution < -0.4 is 0 Å². The molecule has 4 nitrogen and oxygen atoms in total. The van der Waals surface area contributed by atoms with E-state index in [1.54, 1.807) is 0 Å². The van der Waals surface area contributed by atoms with Crippen molar-refractivity contribution < 1.29 is 5.11 Å².